The molecule has 0 aliphatic carbocycles. The lowest BCUT2D eigenvalue weighted by Gasteiger charge is -2.40. The van der Waals surface area contributed by atoms with Crippen LogP contribution in [0, 0.1) is 17.7 Å². The van der Waals surface area contributed by atoms with E-state index in [9.17, 15) is 14.0 Å². The number of halogens is 2. The monoisotopic (exact) mass is 355 g/mol. The van der Waals surface area contributed by atoms with Crippen LogP contribution in [0.3, 0.4) is 0 Å². The molecule has 1 N–H and O–H groups in total. The van der Waals surface area contributed by atoms with Gasteiger partial charge >= 0.3 is 5.97 Å². The molecule has 1 aliphatic rings. The molecule has 4 nitrogen and oxygen atoms in total. The Hall–Kier alpha value is -1.69. The minimum Gasteiger partial charge on any atom is -0.481 e. The minimum absolute atomic E-state index is 0.0116. The Kier molecular flexibility index (Phi) is 4.77. The third-order valence-corrected chi connectivity index (χ3v) is 4.17. The Bertz CT molecular complexity index is 597. The normalized spacial score (nSPS) is 16.8. The number of likely N-dealkylation sites (tertiary alicyclic amines) is 1. The molecule has 1 fully saturated rings. The largest absolute Gasteiger partial charge is 0.481 e. The third-order valence-electron chi connectivity index (χ3n) is 3.68. The lowest BCUT2D eigenvalue weighted by Crippen LogP contribution is -2.53. The molecular weight excluding hydrogens is 341 g/mol. The van der Waals surface area contributed by atoms with Crippen LogP contribution in [-0.4, -0.2) is 35.0 Å². The van der Waals surface area contributed by atoms with Crippen LogP contribution in [0.25, 0.3) is 6.08 Å². The van der Waals surface area contributed by atoms with Crippen molar-refractivity contribution in [2.75, 3.05) is 13.1 Å². The summed E-state index contributed by atoms with van der Waals surface area (Å²) in [6.45, 7) is 2.50. The molecule has 1 heterocycles. The highest BCUT2D eigenvalue weighted by molar-refractivity contribution is 9.10. The Morgan fingerprint density at radius 3 is 2.76 bits per heavy atom. The van der Waals surface area contributed by atoms with Gasteiger partial charge in [-0.25, -0.2) is 4.39 Å². The SMILES string of the molecule is CC(C(=O)O)C1CN(C(=O)/C=C/c2cc(Br)ccc2F)C1. The molecule has 0 aromatic heterocycles. The average molecular weight is 356 g/mol. The molecule has 2 rings (SSSR count). The number of hydrogen-bond donors (Lipinski definition) is 1. The maximum Gasteiger partial charge on any atom is 0.306 e. The van der Waals surface area contributed by atoms with E-state index in [1.54, 1.807) is 24.0 Å². The summed E-state index contributed by atoms with van der Waals surface area (Å²) in [6.07, 6.45) is 2.74. The number of carbonyl (C=O) groups excluding carboxylic acids is 1. The summed E-state index contributed by atoms with van der Waals surface area (Å²) >= 11 is 3.24. The second kappa shape index (κ2) is 6.39. The number of benzene rings is 1. The maximum atomic E-state index is 13.5. The maximum absolute atomic E-state index is 13.5. The molecule has 1 unspecified atom stereocenters. The van der Waals surface area contributed by atoms with Crippen LogP contribution in [-0.2, 0) is 9.59 Å². The number of rotatable bonds is 4. The van der Waals surface area contributed by atoms with E-state index in [1.807, 2.05) is 0 Å². The van der Waals surface area contributed by atoms with Gasteiger partial charge in [-0.15, -0.1) is 0 Å². The fraction of sp³-hybridized carbons (Fsp3) is 0.333. The van der Waals surface area contributed by atoms with Crippen molar-refractivity contribution in [3.63, 3.8) is 0 Å². The van der Waals surface area contributed by atoms with Crippen molar-refractivity contribution in [2.24, 2.45) is 11.8 Å². The number of hydrogen-bond acceptors (Lipinski definition) is 2. The molecule has 1 aliphatic heterocycles. The van der Waals surface area contributed by atoms with E-state index < -0.39 is 17.7 Å². The molecule has 0 spiro atoms. The number of carbonyl (C=O) groups is 2. The van der Waals surface area contributed by atoms with Crippen LogP contribution < -0.4 is 0 Å². The van der Waals surface area contributed by atoms with Gasteiger partial charge in [-0.1, -0.05) is 22.9 Å². The second-order valence-corrected chi connectivity index (χ2v) is 6.05. The van der Waals surface area contributed by atoms with Crippen molar-refractivity contribution in [1.82, 2.24) is 4.90 Å². The standard InChI is InChI=1S/C15H15BrFNO3/c1-9(15(20)21)11-7-18(8-11)14(19)5-2-10-6-12(16)3-4-13(10)17/h2-6,9,11H,7-8H2,1H3,(H,20,21)/b5-2+. The molecule has 1 aromatic carbocycles. The Labute approximate surface area is 130 Å². The first kappa shape index (κ1) is 15.7. The van der Waals surface area contributed by atoms with Crippen molar-refractivity contribution in [3.8, 4) is 0 Å². The van der Waals surface area contributed by atoms with Crippen LogP contribution >= 0.6 is 15.9 Å². The number of aliphatic carboxylic acids is 1. The van der Waals surface area contributed by atoms with Gasteiger partial charge in [0.25, 0.3) is 0 Å². The summed E-state index contributed by atoms with van der Waals surface area (Å²) in [5.74, 6) is -1.95. The van der Waals surface area contributed by atoms with Crippen molar-refractivity contribution in [2.45, 2.75) is 6.92 Å². The van der Waals surface area contributed by atoms with Crippen molar-refractivity contribution < 1.29 is 19.1 Å². The highest BCUT2D eigenvalue weighted by atomic mass is 79.9. The van der Waals surface area contributed by atoms with Crippen LogP contribution in [0.2, 0.25) is 0 Å². The Morgan fingerprint density at radius 2 is 2.14 bits per heavy atom. The van der Waals surface area contributed by atoms with E-state index in [1.165, 1.54) is 18.2 Å². The number of carboxylic acid groups (broad SMARTS) is 1. The van der Waals surface area contributed by atoms with E-state index in [-0.39, 0.29) is 11.8 Å². The molecule has 6 heteroatoms. The van der Waals surface area contributed by atoms with Crippen molar-refractivity contribution >= 4 is 33.9 Å². The van der Waals surface area contributed by atoms with Gasteiger partial charge in [0.2, 0.25) is 5.91 Å². The summed E-state index contributed by atoms with van der Waals surface area (Å²) in [5.41, 5.74) is 0.328. The smallest absolute Gasteiger partial charge is 0.306 e. The van der Waals surface area contributed by atoms with Crippen molar-refractivity contribution in [1.29, 1.82) is 0 Å². The summed E-state index contributed by atoms with van der Waals surface area (Å²) in [4.78, 5) is 24.3. The van der Waals surface area contributed by atoms with Gasteiger partial charge in [-0.05, 0) is 24.3 Å². The van der Waals surface area contributed by atoms with Gasteiger partial charge in [0, 0.05) is 35.1 Å². The predicted molar refractivity (Wildman–Crippen MR) is 80.0 cm³/mol. The van der Waals surface area contributed by atoms with Crippen LogP contribution in [0.4, 0.5) is 4.39 Å². The zero-order valence-electron chi connectivity index (χ0n) is 11.4. The summed E-state index contributed by atoms with van der Waals surface area (Å²) in [5, 5.41) is 8.89. The molecule has 0 saturated carbocycles. The summed E-state index contributed by atoms with van der Waals surface area (Å²) in [6, 6.07) is 4.49. The van der Waals surface area contributed by atoms with Gasteiger partial charge in [0.1, 0.15) is 5.82 Å². The van der Waals surface area contributed by atoms with Crippen molar-refractivity contribution in [3.05, 3.63) is 40.1 Å². The summed E-state index contributed by atoms with van der Waals surface area (Å²) < 4.78 is 14.2. The topological polar surface area (TPSA) is 57.6 Å². The molecule has 1 saturated heterocycles. The Morgan fingerprint density at radius 1 is 1.48 bits per heavy atom. The second-order valence-electron chi connectivity index (χ2n) is 5.13. The molecule has 1 amide bonds. The molecular formula is C15H15BrFNO3. The van der Waals surface area contributed by atoms with Crippen LogP contribution in [0.5, 0.6) is 0 Å². The predicted octanol–water partition coefficient (Wildman–Crippen LogP) is 2.78. The molecule has 1 aromatic rings. The molecule has 0 radical (unpaired) electrons. The minimum atomic E-state index is -0.848. The zero-order chi connectivity index (χ0) is 15.6. The lowest BCUT2D eigenvalue weighted by atomic mass is 9.87. The quantitative estimate of drug-likeness (QED) is 0.844. The van der Waals surface area contributed by atoms with Gasteiger partial charge < -0.3 is 10.0 Å². The molecule has 1 atom stereocenters. The highest BCUT2D eigenvalue weighted by Gasteiger charge is 2.36. The Balaban J connectivity index is 1.93. The van der Waals surface area contributed by atoms with Crippen LogP contribution in [0.1, 0.15) is 12.5 Å². The van der Waals surface area contributed by atoms with E-state index in [4.69, 9.17) is 5.11 Å². The summed E-state index contributed by atoms with van der Waals surface area (Å²) in [7, 11) is 0. The lowest BCUT2D eigenvalue weighted by molar-refractivity contribution is -0.148. The average Bonchev–Trinajstić information content (AvgIpc) is 2.37. The molecule has 21 heavy (non-hydrogen) atoms. The highest BCUT2D eigenvalue weighted by Crippen LogP contribution is 2.24. The number of carboxylic acids is 1. The van der Waals surface area contributed by atoms with E-state index >= 15 is 0 Å². The fourth-order valence-electron chi connectivity index (χ4n) is 2.12. The zero-order valence-corrected chi connectivity index (χ0v) is 13.0. The van der Waals surface area contributed by atoms with E-state index in [0.29, 0.717) is 18.7 Å². The number of amides is 1. The van der Waals surface area contributed by atoms with Gasteiger partial charge in [0.15, 0.2) is 0 Å². The van der Waals surface area contributed by atoms with Crippen LogP contribution in [0.15, 0.2) is 28.7 Å². The van der Waals surface area contributed by atoms with Gasteiger partial charge in [-0.3, -0.25) is 9.59 Å². The first-order valence-corrected chi connectivity index (χ1v) is 7.32. The van der Waals surface area contributed by atoms with Gasteiger partial charge in [-0.2, -0.15) is 0 Å². The number of nitrogens with zero attached hydrogens (tertiary/aromatic N) is 1. The van der Waals surface area contributed by atoms with E-state index in [2.05, 4.69) is 15.9 Å². The molecule has 0 bridgehead atoms. The first-order valence-electron chi connectivity index (χ1n) is 6.53. The first-order chi connectivity index (χ1) is 9.88. The molecule has 112 valence electrons. The fourth-order valence-corrected chi connectivity index (χ4v) is 2.50. The van der Waals surface area contributed by atoms with E-state index in [0.717, 1.165) is 4.47 Å². The third kappa shape index (κ3) is 3.69. The van der Waals surface area contributed by atoms with Gasteiger partial charge in [0.05, 0.1) is 5.92 Å².